The van der Waals surface area contributed by atoms with Gasteiger partial charge in [-0.25, -0.2) is 0 Å². The molecule has 0 aromatic heterocycles. The summed E-state index contributed by atoms with van der Waals surface area (Å²) in [5.41, 5.74) is 5.93. The second-order valence-electron chi connectivity index (χ2n) is 12.5. The first-order chi connectivity index (χ1) is 16.5. The molecule has 2 fully saturated rings. The van der Waals surface area contributed by atoms with Crippen LogP contribution in [-0.4, -0.2) is 73.0 Å². The predicted molar refractivity (Wildman–Crippen MR) is 159 cm³/mol. The van der Waals surface area contributed by atoms with Gasteiger partial charge in [0, 0.05) is 56.5 Å². The maximum atomic E-state index is 3.91. The molecule has 0 radical (unpaired) electrons. The van der Waals surface area contributed by atoms with Crippen LogP contribution < -0.4 is 21.3 Å². The minimum Gasteiger partial charge on any atom is -0.314 e. The summed E-state index contributed by atoms with van der Waals surface area (Å²) < 4.78 is 0. The van der Waals surface area contributed by atoms with E-state index >= 15 is 0 Å². The average Bonchev–Trinajstić information content (AvgIpc) is 3.27. The van der Waals surface area contributed by atoms with Crippen molar-refractivity contribution in [3.05, 3.63) is 58.7 Å². The molecule has 6 heteroatoms. The van der Waals surface area contributed by atoms with Crippen LogP contribution in [0.15, 0.2) is 58.7 Å². The summed E-state index contributed by atoms with van der Waals surface area (Å²) in [6.45, 7) is 20.8. The monoisotopic (exact) mass is 514 g/mol. The van der Waals surface area contributed by atoms with E-state index in [1.165, 1.54) is 22.9 Å². The molecule has 2 aliphatic heterocycles. The Hall–Kier alpha value is -0.600. The van der Waals surface area contributed by atoms with Crippen molar-refractivity contribution in [2.45, 2.75) is 75.5 Å². The summed E-state index contributed by atoms with van der Waals surface area (Å²) in [5, 5.41) is 15.7. The van der Waals surface area contributed by atoms with Crippen LogP contribution in [-0.2, 0) is 0 Å². The first kappa shape index (κ1) is 27.4. The zero-order valence-electron chi connectivity index (χ0n) is 22.8. The van der Waals surface area contributed by atoms with Crippen molar-refractivity contribution in [2.24, 2.45) is 0 Å². The number of hydrogen-bond acceptors (Lipinski definition) is 4. The Kier molecular flexibility index (Phi) is 8.64. The van der Waals surface area contributed by atoms with Gasteiger partial charge in [0.15, 0.2) is 0 Å². The van der Waals surface area contributed by atoms with E-state index in [-0.39, 0.29) is 13.1 Å². The van der Waals surface area contributed by atoms with E-state index in [1.54, 1.807) is 5.57 Å². The lowest BCUT2D eigenvalue weighted by Gasteiger charge is -2.50. The van der Waals surface area contributed by atoms with Crippen LogP contribution in [0.25, 0.3) is 0 Å². The van der Waals surface area contributed by atoms with Crippen molar-refractivity contribution < 1.29 is 0 Å². The molecule has 4 N–H and O–H groups in total. The van der Waals surface area contributed by atoms with Gasteiger partial charge in [-0.2, -0.15) is 0 Å². The molecule has 0 spiro atoms. The van der Waals surface area contributed by atoms with E-state index in [0.29, 0.717) is 22.4 Å². The van der Waals surface area contributed by atoms with Gasteiger partial charge >= 0.3 is 0 Å². The first-order valence-electron chi connectivity index (χ1n) is 13.5. The first-order valence-corrected chi connectivity index (χ1v) is 15.6. The Morgan fingerprint density at radius 2 is 1.46 bits per heavy atom. The summed E-state index contributed by atoms with van der Waals surface area (Å²) in [6, 6.07) is 0.713. The molecule has 2 saturated heterocycles. The zero-order valence-corrected chi connectivity index (χ0v) is 24.8. The third-order valence-electron chi connectivity index (χ3n) is 7.88. The largest absolute Gasteiger partial charge is 0.314 e. The molecule has 0 amide bonds. The molecule has 0 saturated carbocycles. The molecule has 4 aliphatic rings. The van der Waals surface area contributed by atoms with Crippen LogP contribution in [0, 0.1) is 0 Å². The number of piperazine rings is 2. The summed E-state index contributed by atoms with van der Waals surface area (Å²) in [4.78, 5) is 0. The number of allylic oxidation sites excluding steroid dienone is 9. The van der Waals surface area contributed by atoms with Gasteiger partial charge in [-0.3, -0.25) is 0 Å². The Balaban J connectivity index is 1.81. The van der Waals surface area contributed by atoms with E-state index in [4.69, 9.17) is 0 Å². The molecule has 3 atom stereocenters. The molecule has 4 rings (SSSR count). The highest BCUT2D eigenvalue weighted by Gasteiger charge is 2.48. The Morgan fingerprint density at radius 3 is 1.91 bits per heavy atom. The second-order valence-corrected chi connectivity index (χ2v) is 17.3. The third-order valence-corrected chi connectivity index (χ3v) is 12.9. The summed E-state index contributed by atoms with van der Waals surface area (Å²) >= 11 is 0. The van der Waals surface area contributed by atoms with Crippen molar-refractivity contribution in [1.29, 1.82) is 0 Å². The van der Waals surface area contributed by atoms with Crippen molar-refractivity contribution in [3.63, 3.8) is 0 Å². The highest BCUT2D eigenvalue weighted by Crippen LogP contribution is 2.61. The molecular formula is C29H48N4P2. The van der Waals surface area contributed by atoms with Gasteiger partial charge in [-0.05, 0) is 45.2 Å². The minimum atomic E-state index is -0.244. The Bertz CT molecular complexity index is 885. The molecular weight excluding hydrogens is 466 g/mol. The van der Waals surface area contributed by atoms with Gasteiger partial charge in [-0.15, -0.1) is 9.24 Å². The summed E-state index contributed by atoms with van der Waals surface area (Å²) in [6.07, 6.45) is 16.2. The fraction of sp³-hybridized carbons (Fsp3) is 0.655. The fourth-order valence-electron chi connectivity index (χ4n) is 6.25. The van der Waals surface area contributed by atoms with Crippen LogP contribution >= 0.6 is 17.2 Å². The molecule has 3 unspecified atom stereocenters. The van der Waals surface area contributed by atoms with Crippen molar-refractivity contribution >= 4 is 17.2 Å². The lowest BCUT2D eigenvalue weighted by molar-refractivity contribution is 0.281. The SMILES string of the molecule is CC(C)(C)P(CC1=CC(=C2C=CC=CC2)C=C1C(P)(C1CNCCN1)C1CNCCN1)C(C)(C)C. The molecule has 2 aliphatic carbocycles. The lowest BCUT2D eigenvalue weighted by Crippen LogP contribution is -2.69. The van der Waals surface area contributed by atoms with Crippen molar-refractivity contribution in [2.75, 3.05) is 45.4 Å². The van der Waals surface area contributed by atoms with Crippen molar-refractivity contribution in [3.8, 4) is 0 Å². The lowest BCUT2D eigenvalue weighted by atomic mass is 9.79. The zero-order chi connectivity index (χ0) is 25.3. The molecule has 2 heterocycles. The molecule has 194 valence electrons. The third kappa shape index (κ3) is 6.11. The van der Waals surface area contributed by atoms with Gasteiger partial charge in [0.2, 0.25) is 0 Å². The van der Waals surface area contributed by atoms with E-state index in [1.807, 2.05) is 0 Å². The topological polar surface area (TPSA) is 48.1 Å². The van der Waals surface area contributed by atoms with E-state index in [0.717, 1.165) is 45.7 Å². The normalized spacial score (nSPS) is 29.8. The van der Waals surface area contributed by atoms with E-state index in [2.05, 4.69) is 109 Å². The molecule has 0 aromatic carbocycles. The summed E-state index contributed by atoms with van der Waals surface area (Å²) in [5.74, 6) is 0. The second kappa shape index (κ2) is 11.0. The van der Waals surface area contributed by atoms with Crippen LogP contribution in [0.5, 0.6) is 0 Å². The Morgan fingerprint density at radius 1 is 0.857 bits per heavy atom. The van der Waals surface area contributed by atoms with E-state index in [9.17, 15) is 0 Å². The molecule has 35 heavy (non-hydrogen) atoms. The van der Waals surface area contributed by atoms with Gasteiger partial charge in [0.05, 0.1) is 0 Å². The van der Waals surface area contributed by atoms with Gasteiger partial charge in [-0.1, -0.05) is 85.9 Å². The fourth-order valence-corrected chi connectivity index (χ4v) is 10.6. The number of rotatable bonds is 5. The van der Waals surface area contributed by atoms with Gasteiger partial charge in [0.1, 0.15) is 0 Å². The standard InChI is InChI=1S/C29H48N4P2/c1-27(2,3)35(28(4,5)6)20-23-16-22(21-10-8-7-9-11-21)17-24(23)29(34,25-18-30-12-14-32-25)26-19-31-13-15-33-26/h7-10,16-17,25-26,30-33H,11-15,18-20,34H2,1-6H3. The van der Waals surface area contributed by atoms with Crippen LogP contribution in [0.4, 0.5) is 0 Å². The van der Waals surface area contributed by atoms with Gasteiger partial charge < -0.3 is 21.3 Å². The number of hydrogen-bond donors (Lipinski definition) is 4. The quantitative estimate of drug-likeness (QED) is 0.409. The van der Waals surface area contributed by atoms with Gasteiger partial charge in [0.25, 0.3) is 0 Å². The highest BCUT2D eigenvalue weighted by atomic mass is 31.1. The molecule has 0 aromatic rings. The predicted octanol–water partition coefficient (Wildman–Crippen LogP) is 4.48. The smallest absolute Gasteiger partial charge is 0.0429 e. The van der Waals surface area contributed by atoms with E-state index < -0.39 is 0 Å². The van der Waals surface area contributed by atoms with Crippen LogP contribution in [0.2, 0.25) is 0 Å². The number of nitrogens with one attached hydrogen (secondary N) is 4. The minimum absolute atomic E-state index is 0.0972. The van der Waals surface area contributed by atoms with Crippen molar-refractivity contribution in [1.82, 2.24) is 21.3 Å². The maximum absolute atomic E-state index is 3.91. The highest BCUT2D eigenvalue weighted by molar-refractivity contribution is 7.61. The molecule has 0 bridgehead atoms. The van der Waals surface area contributed by atoms with Crippen LogP contribution in [0.1, 0.15) is 48.0 Å². The van der Waals surface area contributed by atoms with Crippen LogP contribution in [0.3, 0.4) is 0 Å². The maximum Gasteiger partial charge on any atom is 0.0429 e. The summed E-state index contributed by atoms with van der Waals surface area (Å²) in [7, 11) is 3.14. The average molecular weight is 515 g/mol. The Labute approximate surface area is 218 Å². The molecule has 4 nitrogen and oxygen atoms in total.